The molecule has 1 heterocycles. The molecule has 1 aromatic heterocycles. The Morgan fingerprint density at radius 1 is 0.806 bits per heavy atom. The van der Waals surface area contributed by atoms with Crippen LogP contribution in [-0.4, -0.2) is 22.0 Å². The van der Waals surface area contributed by atoms with Crippen LogP contribution in [0.3, 0.4) is 0 Å². The predicted octanol–water partition coefficient (Wildman–Crippen LogP) is 6.35. The SMILES string of the molecule is Cc1ccccc1Cn1c(CCCNC(=O)Cc2ccc(-c3ccccc3)cc2)nc2ccccc21. The lowest BCUT2D eigenvalue weighted by molar-refractivity contribution is -0.120. The standard InChI is InChI=1S/C32H31N3O/c1-24-10-5-6-13-28(24)23-35-30-15-8-7-14-29(30)34-31(35)16-9-21-33-32(36)22-25-17-19-27(20-18-25)26-11-3-2-4-12-26/h2-8,10-15,17-20H,9,16,21-23H2,1H3,(H,33,36). The molecule has 0 spiro atoms. The van der Waals surface area contributed by atoms with Gasteiger partial charge in [0, 0.05) is 19.5 Å². The van der Waals surface area contributed by atoms with Gasteiger partial charge in [-0.1, -0.05) is 91.0 Å². The van der Waals surface area contributed by atoms with Gasteiger partial charge >= 0.3 is 0 Å². The average Bonchev–Trinajstić information content (AvgIpc) is 3.26. The van der Waals surface area contributed by atoms with E-state index in [9.17, 15) is 4.79 Å². The minimum atomic E-state index is 0.0517. The summed E-state index contributed by atoms with van der Waals surface area (Å²) in [5.41, 5.74) is 8.11. The lowest BCUT2D eigenvalue weighted by atomic mass is 10.0. The number of aryl methyl sites for hydroxylation is 2. The number of nitrogens with one attached hydrogen (secondary N) is 1. The Morgan fingerprint density at radius 2 is 1.50 bits per heavy atom. The number of rotatable bonds is 9. The van der Waals surface area contributed by atoms with Crippen LogP contribution in [-0.2, 0) is 24.2 Å². The van der Waals surface area contributed by atoms with Gasteiger partial charge in [-0.25, -0.2) is 4.98 Å². The summed E-state index contributed by atoms with van der Waals surface area (Å²) in [6.45, 7) is 3.58. The molecule has 36 heavy (non-hydrogen) atoms. The molecule has 0 saturated carbocycles. The maximum absolute atomic E-state index is 12.5. The molecule has 0 unspecified atom stereocenters. The van der Waals surface area contributed by atoms with Crippen molar-refractivity contribution >= 4 is 16.9 Å². The summed E-state index contributed by atoms with van der Waals surface area (Å²) in [7, 11) is 0. The molecule has 0 atom stereocenters. The van der Waals surface area contributed by atoms with Crippen molar-refractivity contribution in [2.24, 2.45) is 0 Å². The molecular formula is C32H31N3O. The van der Waals surface area contributed by atoms with Crippen molar-refractivity contribution in [2.75, 3.05) is 6.54 Å². The van der Waals surface area contributed by atoms with E-state index in [0.717, 1.165) is 47.4 Å². The van der Waals surface area contributed by atoms with Gasteiger partial charge in [-0.05, 0) is 53.3 Å². The molecule has 0 saturated heterocycles. The zero-order valence-corrected chi connectivity index (χ0v) is 20.7. The van der Waals surface area contributed by atoms with Crippen molar-refractivity contribution in [1.82, 2.24) is 14.9 Å². The summed E-state index contributed by atoms with van der Waals surface area (Å²) in [5, 5.41) is 3.08. The van der Waals surface area contributed by atoms with Crippen LogP contribution in [0.4, 0.5) is 0 Å². The normalized spacial score (nSPS) is 11.0. The quantitative estimate of drug-likeness (QED) is 0.254. The van der Waals surface area contributed by atoms with Crippen LogP contribution in [0.2, 0.25) is 0 Å². The zero-order chi connectivity index (χ0) is 24.7. The number of nitrogens with zero attached hydrogens (tertiary/aromatic N) is 2. The van der Waals surface area contributed by atoms with Gasteiger partial charge in [0.05, 0.1) is 17.5 Å². The van der Waals surface area contributed by atoms with Gasteiger partial charge in [-0.2, -0.15) is 0 Å². The zero-order valence-electron chi connectivity index (χ0n) is 20.7. The summed E-state index contributed by atoms with van der Waals surface area (Å²) >= 11 is 0. The van der Waals surface area contributed by atoms with E-state index in [4.69, 9.17) is 4.98 Å². The van der Waals surface area contributed by atoms with Crippen molar-refractivity contribution in [2.45, 2.75) is 32.7 Å². The van der Waals surface area contributed by atoms with Crippen molar-refractivity contribution in [3.8, 4) is 11.1 Å². The first-order valence-corrected chi connectivity index (χ1v) is 12.6. The van der Waals surface area contributed by atoms with Crippen molar-refractivity contribution in [3.63, 3.8) is 0 Å². The maximum Gasteiger partial charge on any atom is 0.224 e. The third-order valence-electron chi connectivity index (χ3n) is 6.65. The number of hydrogen-bond donors (Lipinski definition) is 1. The Kier molecular flexibility index (Phi) is 7.23. The van der Waals surface area contributed by atoms with E-state index >= 15 is 0 Å². The minimum absolute atomic E-state index is 0.0517. The molecule has 0 aliphatic carbocycles. The fourth-order valence-electron chi connectivity index (χ4n) is 4.62. The van der Waals surface area contributed by atoms with E-state index in [0.29, 0.717) is 13.0 Å². The third-order valence-corrected chi connectivity index (χ3v) is 6.65. The molecule has 1 N–H and O–H groups in total. The second-order valence-corrected chi connectivity index (χ2v) is 9.22. The van der Waals surface area contributed by atoms with Gasteiger partial charge in [-0.15, -0.1) is 0 Å². The average molecular weight is 474 g/mol. The van der Waals surface area contributed by atoms with Crippen LogP contribution < -0.4 is 5.32 Å². The number of para-hydroxylation sites is 2. The van der Waals surface area contributed by atoms with E-state index in [2.05, 4.69) is 83.5 Å². The first-order chi connectivity index (χ1) is 17.7. The van der Waals surface area contributed by atoms with Gasteiger partial charge in [0.1, 0.15) is 5.82 Å². The largest absolute Gasteiger partial charge is 0.356 e. The first-order valence-electron chi connectivity index (χ1n) is 12.6. The van der Waals surface area contributed by atoms with E-state index < -0.39 is 0 Å². The Hall–Kier alpha value is -4.18. The minimum Gasteiger partial charge on any atom is -0.356 e. The highest BCUT2D eigenvalue weighted by molar-refractivity contribution is 5.79. The fourth-order valence-corrected chi connectivity index (χ4v) is 4.62. The van der Waals surface area contributed by atoms with Crippen LogP contribution in [0.15, 0.2) is 103 Å². The Bertz CT molecular complexity index is 1450. The Balaban J connectivity index is 1.17. The Labute approximate surface area is 212 Å². The molecule has 0 aliphatic heterocycles. The lowest BCUT2D eigenvalue weighted by Crippen LogP contribution is -2.26. The number of hydrogen-bond acceptors (Lipinski definition) is 2. The molecule has 4 nitrogen and oxygen atoms in total. The monoisotopic (exact) mass is 473 g/mol. The molecule has 0 fully saturated rings. The highest BCUT2D eigenvalue weighted by Gasteiger charge is 2.12. The predicted molar refractivity (Wildman–Crippen MR) is 147 cm³/mol. The number of amides is 1. The van der Waals surface area contributed by atoms with Gasteiger partial charge in [-0.3, -0.25) is 4.79 Å². The maximum atomic E-state index is 12.5. The second-order valence-electron chi connectivity index (χ2n) is 9.22. The van der Waals surface area contributed by atoms with E-state index in [-0.39, 0.29) is 5.91 Å². The van der Waals surface area contributed by atoms with Gasteiger partial charge in [0.25, 0.3) is 0 Å². The van der Waals surface area contributed by atoms with Crippen LogP contribution in [0.25, 0.3) is 22.2 Å². The van der Waals surface area contributed by atoms with Crippen molar-refractivity contribution < 1.29 is 4.79 Å². The van der Waals surface area contributed by atoms with Crippen LogP contribution in [0.5, 0.6) is 0 Å². The number of aromatic nitrogens is 2. The van der Waals surface area contributed by atoms with Gasteiger partial charge in [0.15, 0.2) is 0 Å². The molecule has 0 bridgehead atoms. The summed E-state index contributed by atoms with van der Waals surface area (Å²) in [6.07, 6.45) is 2.04. The summed E-state index contributed by atoms with van der Waals surface area (Å²) < 4.78 is 2.31. The second kappa shape index (κ2) is 11.0. The number of benzene rings is 4. The molecule has 4 aromatic carbocycles. The molecule has 1 amide bonds. The van der Waals surface area contributed by atoms with Gasteiger partial charge in [0.2, 0.25) is 5.91 Å². The first kappa shape index (κ1) is 23.6. The number of imidazole rings is 1. The highest BCUT2D eigenvalue weighted by atomic mass is 16.1. The number of carbonyl (C=O) groups is 1. The summed E-state index contributed by atoms with van der Waals surface area (Å²) in [4.78, 5) is 17.4. The molecular weight excluding hydrogens is 442 g/mol. The number of carbonyl (C=O) groups excluding carboxylic acids is 1. The summed E-state index contributed by atoms with van der Waals surface area (Å²) in [6, 6.07) is 35.3. The van der Waals surface area contributed by atoms with Crippen LogP contribution >= 0.6 is 0 Å². The molecule has 4 heteroatoms. The molecule has 5 aromatic rings. The van der Waals surface area contributed by atoms with Crippen molar-refractivity contribution in [1.29, 1.82) is 0 Å². The lowest BCUT2D eigenvalue weighted by Gasteiger charge is -2.12. The van der Waals surface area contributed by atoms with Crippen LogP contribution in [0, 0.1) is 6.92 Å². The van der Waals surface area contributed by atoms with E-state index in [1.54, 1.807) is 0 Å². The Morgan fingerprint density at radius 3 is 2.31 bits per heavy atom. The highest BCUT2D eigenvalue weighted by Crippen LogP contribution is 2.21. The van der Waals surface area contributed by atoms with E-state index in [1.807, 2.05) is 36.4 Å². The molecule has 5 rings (SSSR count). The number of fused-ring (bicyclic) bond motifs is 1. The molecule has 0 radical (unpaired) electrons. The van der Waals surface area contributed by atoms with Crippen LogP contribution in [0.1, 0.15) is 28.9 Å². The van der Waals surface area contributed by atoms with Crippen molar-refractivity contribution in [3.05, 3.63) is 126 Å². The van der Waals surface area contributed by atoms with E-state index in [1.165, 1.54) is 16.7 Å². The smallest absolute Gasteiger partial charge is 0.224 e. The van der Waals surface area contributed by atoms with Gasteiger partial charge < -0.3 is 9.88 Å². The third kappa shape index (κ3) is 5.55. The fraction of sp³-hybridized carbons (Fsp3) is 0.188. The topological polar surface area (TPSA) is 46.9 Å². The summed E-state index contributed by atoms with van der Waals surface area (Å²) in [5.74, 6) is 1.11. The molecule has 180 valence electrons. The molecule has 0 aliphatic rings.